The number of rotatable bonds is 7. The molecule has 1 aliphatic rings. The van der Waals surface area contributed by atoms with E-state index in [1.165, 1.54) is 11.6 Å². The van der Waals surface area contributed by atoms with Gasteiger partial charge in [-0.3, -0.25) is 9.69 Å². The van der Waals surface area contributed by atoms with Crippen LogP contribution in [0.3, 0.4) is 0 Å². The van der Waals surface area contributed by atoms with E-state index in [-0.39, 0.29) is 11.6 Å². The van der Waals surface area contributed by atoms with Gasteiger partial charge in [-0.05, 0) is 68.5 Å². The van der Waals surface area contributed by atoms with E-state index in [1.807, 2.05) is 12.4 Å². The first-order valence-corrected chi connectivity index (χ1v) is 10.9. The Labute approximate surface area is 182 Å². The molecule has 0 spiro atoms. The van der Waals surface area contributed by atoms with Crippen molar-refractivity contribution in [2.75, 3.05) is 18.4 Å². The van der Waals surface area contributed by atoms with Gasteiger partial charge in [-0.2, -0.15) is 0 Å². The second-order valence-electron chi connectivity index (χ2n) is 8.36. The van der Waals surface area contributed by atoms with Crippen LogP contribution < -0.4 is 5.32 Å². The second-order valence-corrected chi connectivity index (χ2v) is 8.36. The molecule has 0 bridgehead atoms. The molecule has 1 aliphatic heterocycles. The SMILES string of the molecule is Cc1cccc(-n2ccnc2CN2CCC[C@@H](CCC(=O)Nc3ccccc3F)C2)c1. The lowest BCUT2D eigenvalue weighted by atomic mass is 9.93. The fourth-order valence-corrected chi connectivity index (χ4v) is 4.31. The monoisotopic (exact) mass is 420 g/mol. The van der Waals surface area contributed by atoms with Gasteiger partial charge >= 0.3 is 0 Å². The van der Waals surface area contributed by atoms with Crippen LogP contribution in [0.25, 0.3) is 5.69 Å². The highest BCUT2D eigenvalue weighted by molar-refractivity contribution is 5.90. The molecule has 2 heterocycles. The van der Waals surface area contributed by atoms with Crippen molar-refractivity contribution in [1.82, 2.24) is 14.5 Å². The molecule has 4 rings (SSSR count). The number of nitrogens with one attached hydrogen (secondary N) is 1. The molecular weight excluding hydrogens is 391 g/mol. The van der Waals surface area contributed by atoms with Gasteiger partial charge in [0, 0.05) is 31.0 Å². The standard InChI is InChI=1S/C25H29FN4O/c1-19-6-4-8-21(16-19)30-15-13-27-24(30)18-29-14-5-7-20(17-29)11-12-25(31)28-23-10-3-2-9-22(23)26/h2-4,6,8-10,13,15-16,20H,5,7,11-12,14,17-18H2,1H3,(H,28,31)/t20-/m0/s1. The summed E-state index contributed by atoms with van der Waals surface area (Å²) in [4.78, 5) is 19.3. The minimum atomic E-state index is -0.399. The van der Waals surface area contributed by atoms with Gasteiger partial charge in [0.1, 0.15) is 11.6 Å². The van der Waals surface area contributed by atoms with Gasteiger partial charge in [0.25, 0.3) is 0 Å². The lowest BCUT2D eigenvalue weighted by Crippen LogP contribution is -2.36. The Hall–Kier alpha value is -2.99. The van der Waals surface area contributed by atoms with Crippen LogP contribution >= 0.6 is 0 Å². The Morgan fingerprint density at radius 3 is 2.94 bits per heavy atom. The molecule has 1 saturated heterocycles. The molecule has 5 nitrogen and oxygen atoms in total. The van der Waals surface area contributed by atoms with Crippen molar-refractivity contribution in [1.29, 1.82) is 0 Å². The fourth-order valence-electron chi connectivity index (χ4n) is 4.31. The van der Waals surface area contributed by atoms with Crippen molar-refractivity contribution < 1.29 is 9.18 Å². The number of piperidine rings is 1. The van der Waals surface area contributed by atoms with Crippen LogP contribution in [0.1, 0.15) is 37.1 Å². The molecule has 0 saturated carbocycles. The number of likely N-dealkylation sites (tertiary alicyclic amines) is 1. The van der Waals surface area contributed by atoms with E-state index in [1.54, 1.807) is 18.2 Å². The Kier molecular flexibility index (Phi) is 6.77. The maximum atomic E-state index is 13.7. The van der Waals surface area contributed by atoms with Crippen molar-refractivity contribution in [2.24, 2.45) is 5.92 Å². The van der Waals surface area contributed by atoms with E-state index in [0.717, 1.165) is 50.4 Å². The molecule has 3 aromatic rings. The summed E-state index contributed by atoms with van der Waals surface area (Å²) in [6, 6.07) is 14.7. The van der Waals surface area contributed by atoms with Crippen molar-refractivity contribution in [3.63, 3.8) is 0 Å². The van der Waals surface area contributed by atoms with Crippen molar-refractivity contribution in [3.05, 3.63) is 78.1 Å². The third-order valence-corrected chi connectivity index (χ3v) is 5.89. The van der Waals surface area contributed by atoms with Crippen LogP contribution in [0.2, 0.25) is 0 Å². The summed E-state index contributed by atoms with van der Waals surface area (Å²) in [5.41, 5.74) is 2.61. The van der Waals surface area contributed by atoms with Gasteiger partial charge in [0.05, 0.1) is 12.2 Å². The Morgan fingerprint density at radius 2 is 2.10 bits per heavy atom. The molecule has 0 aliphatic carbocycles. The molecular formula is C25H29FN4O. The van der Waals surface area contributed by atoms with Crippen LogP contribution in [-0.2, 0) is 11.3 Å². The largest absolute Gasteiger partial charge is 0.324 e. The molecule has 0 unspecified atom stereocenters. The van der Waals surface area contributed by atoms with E-state index in [2.05, 4.69) is 51.0 Å². The van der Waals surface area contributed by atoms with Crippen LogP contribution in [0.4, 0.5) is 10.1 Å². The highest BCUT2D eigenvalue weighted by Crippen LogP contribution is 2.23. The van der Waals surface area contributed by atoms with Crippen LogP contribution in [0.15, 0.2) is 60.9 Å². The summed E-state index contributed by atoms with van der Waals surface area (Å²) in [7, 11) is 0. The number of anilines is 1. The average molecular weight is 421 g/mol. The molecule has 0 radical (unpaired) electrons. The van der Waals surface area contributed by atoms with Gasteiger partial charge in [0.15, 0.2) is 0 Å². The smallest absolute Gasteiger partial charge is 0.224 e. The summed E-state index contributed by atoms with van der Waals surface area (Å²) in [5.74, 6) is 0.965. The Bertz CT molecular complexity index is 1030. The summed E-state index contributed by atoms with van der Waals surface area (Å²) in [5, 5.41) is 2.69. The first-order chi connectivity index (χ1) is 15.1. The Balaban J connectivity index is 1.31. The zero-order valence-electron chi connectivity index (χ0n) is 17.9. The van der Waals surface area contributed by atoms with Crippen molar-refractivity contribution in [3.8, 4) is 5.69 Å². The van der Waals surface area contributed by atoms with Crippen LogP contribution in [-0.4, -0.2) is 33.4 Å². The van der Waals surface area contributed by atoms with Gasteiger partial charge < -0.3 is 9.88 Å². The summed E-state index contributed by atoms with van der Waals surface area (Å²) in [6.45, 7) is 4.88. The second kappa shape index (κ2) is 9.88. The predicted octanol–water partition coefficient (Wildman–Crippen LogP) is 4.95. The zero-order valence-corrected chi connectivity index (χ0v) is 17.9. The number of para-hydroxylation sites is 1. The highest BCUT2D eigenvalue weighted by Gasteiger charge is 2.22. The normalized spacial score (nSPS) is 16.9. The highest BCUT2D eigenvalue weighted by atomic mass is 19.1. The molecule has 6 heteroatoms. The average Bonchev–Trinajstić information content (AvgIpc) is 3.22. The summed E-state index contributed by atoms with van der Waals surface area (Å²) >= 11 is 0. The number of benzene rings is 2. The maximum absolute atomic E-state index is 13.7. The number of imidazole rings is 1. The number of amides is 1. The lowest BCUT2D eigenvalue weighted by molar-refractivity contribution is -0.116. The third-order valence-electron chi connectivity index (χ3n) is 5.89. The molecule has 1 N–H and O–H groups in total. The lowest BCUT2D eigenvalue weighted by Gasteiger charge is -2.32. The number of nitrogens with zero attached hydrogens (tertiary/aromatic N) is 3. The van der Waals surface area contributed by atoms with E-state index in [4.69, 9.17) is 0 Å². The molecule has 1 fully saturated rings. The first kappa shape index (κ1) is 21.2. The maximum Gasteiger partial charge on any atom is 0.224 e. The molecule has 31 heavy (non-hydrogen) atoms. The van der Waals surface area contributed by atoms with E-state index in [9.17, 15) is 9.18 Å². The minimum absolute atomic E-state index is 0.128. The van der Waals surface area contributed by atoms with Gasteiger partial charge in [0.2, 0.25) is 5.91 Å². The number of carbonyl (C=O) groups is 1. The number of halogens is 1. The zero-order chi connectivity index (χ0) is 21.6. The molecule has 162 valence electrons. The van der Waals surface area contributed by atoms with E-state index < -0.39 is 5.82 Å². The molecule has 2 aromatic carbocycles. The predicted molar refractivity (Wildman–Crippen MR) is 121 cm³/mol. The molecule has 1 atom stereocenters. The minimum Gasteiger partial charge on any atom is -0.324 e. The fraction of sp³-hybridized carbons (Fsp3) is 0.360. The number of aromatic nitrogens is 2. The number of carbonyl (C=O) groups excluding carboxylic acids is 1. The van der Waals surface area contributed by atoms with Gasteiger partial charge in [-0.1, -0.05) is 24.3 Å². The topological polar surface area (TPSA) is 50.2 Å². The van der Waals surface area contributed by atoms with Crippen molar-refractivity contribution >= 4 is 11.6 Å². The van der Waals surface area contributed by atoms with Crippen LogP contribution in [0, 0.1) is 18.7 Å². The van der Waals surface area contributed by atoms with Crippen LogP contribution in [0.5, 0.6) is 0 Å². The van der Waals surface area contributed by atoms with Crippen molar-refractivity contribution in [2.45, 2.75) is 39.2 Å². The number of aryl methyl sites for hydroxylation is 1. The Morgan fingerprint density at radius 1 is 1.23 bits per heavy atom. The third kappa shape index (κ3) is 5.58. The first-order valence-electron chi connectivity index (χ1n) is 10.9. The summed E-state index contributed by atoms with van der Waals surface area (Å²) in [6.07, 6.45) is 7.32. The van der Waals surface area contributed by atoms with E-state index >= 15 is 0 Å². The number of hydrogen-bond donors (Lipinski definition) is 1. The van der Waals surface area contributed by atoms with Gasteiger partial charge in [-0.25, -0.2) is 9.37 Å². The van der Waals surface area contributed by atoms with Gasteiger partial charge in [-0.15, -0.1) is 0 Å². The quantitative estimate of drug-likeness (QED) is 0.588. The molecule has 1 aromatic heterocycles. The summed E-state index contributed by atoms with van der Waals surface area (Å²) < 4.78 is 15.9. The molecule has 1 amide bonds. The van der Waals surface area contributed by atoms with E-state index in [0.29, 0.717) is 12.3 Å². The number of hydrogen-bond acceptors (Lipinski definition) is 3.